The molecular formula is C16H17NO3S. The van der Waals surface area contributed by atoms with Crippen molar-refractivity contribution in [3.05, 3.63) is 57.8 Å². The lowest BCUT2D eigenvalue weighted by molar-refractivity contribution is -0.124. The second-order valence-corrected chi connectivity index (χ2v) is 5.70. The molecule has 0 radical (unpaired) electrons. The number of thiophene rings is 1. The van der Waals surface area contributed by atoms with Gasteiger partial charge in [-0.3, -0.25) is 4.79 Å². The Morgan fingerprint density at radius 3 is 2.57 bits per heavy atom. The first-order valence-electron chi connectivity index (χ1n) is 6.63. The van der Waals surface area contributed by atoms with Gasteiger partial charge in [0.25, 0.3) is 5.91 Å². The zero-order valence-electron chi connectivity index (χ0n) is 12.0. The molecule has 5 heteroatoms. The van der Waals surface area contributed by atoms with Crippen molar-refractivity contribution >= 4 is 23.2 Å². The van der Waals surface area contributed by atoms with Crippen LogP contribution >= 0.6 is 11.3 Å². The number of hydrogen-bond acceptors (Lipinski definition) is 4. The molecule has 0 saturated heterocycles. The van der Waals surface area contributed by atoms with E-state index in [-0.39, 0.29) is 18.6 Å². The van der Waals surface area contributed by atoms with E-state index < -0.39 is 5.97 Å². The lowest BCUT2D eigenvalue weighted by Gasteiger charge is -2.14. The Morgan fingerprint density at radius 2 is 1.95 bits per heavy atom. The van der Waals surface area contributed by atoms with Crippen molar-refractivity contribution in [1.82, 2.24) is 5.32 Å². The molecule has 2 aromatic rings. The van der Waals surface area contributed by atoms with Crippen LogP contribution in [0, 0.1) is 6.92 Å². The van der Waals surface area contributed by atoms with Crippen molar-refractivity contribution in [2.75, 3.05) is 6.61 Å². The van der Waals surface area contributed by atoms with E-state index in [0.29, 0.717) is 4.88 Å². The Hall–Kier alpha value is -2.14. The lowest BCUT2D eigenvalue weighted by Crippen LogP contribution is -2.31. The molecular weight excluding hydrogens is 286 g/mol. The monoisotopic (exact) mass is 303 g/mol. The van der Waals surface area contributed by atoms with Crippen LogP contribution in [0.15, 0.2) is 41.8 Å². The molecule has 1 amide bonds. The molecule has 1 aromatic heterocycles. The van der Waals surface area contributed by atoms with Crippen LogP contribution in [0.1, 0.15) is 33.8 Å². The molecule has 1 heterocycles. The van der Waals surface area contributed by atoms with Crippen molar-refractivity contribution in [3.63, 3.8) is 0 Å². The van der Waals surface area contributed by atoms with Crippen LogP contribution in [0.5, 0.6) is 0 Å². The standard InChI is InChI=1S/C16H17NO3S/c1-11-5-7-13(8-6-11)12(2)17-15(18)10-20-16(19)14-4-3-9-21-14/h3-9,12H,10H2,1-2H3,(H,17,18). The topological polar surface area (TPSA) is 55.4 Å². The number of amides is 1. The summed E-state index contributed by atoms with van der Waals surface area (Å²) >= 11 is 1.29. The van der Waals surface area contributed by atoms with E-state index >= 15 is 0 Å². The van der Waals surface area contributed by atoms with Gasteiger partial charge in [-0.15, -0.1) is 11.3 Å². The zero-order chi connectivity index (χ0) is 15.2. The number of aryl methyl sites for hydroxylation is 1. The molecule has 0 bridgehead atoms. The van der Waals surface area contributed by atoms with Gasteiger partial charge in [0.1, 0.15) is 4.88 Å². The first-order chi connectivity index (χ1) is 10.1. The fourth-order valence-corrected chi connectivity index (χ4v) is 2.43. The predicted octanol–water partition coefficient (Wildman–Crippen LogP) is 3.09. The Morgan fingerprint density at radius 1 is 1.24 bits per heavy atom. The number of rotatable bonds is 5. The van der Waals surface area contributed by atoms with E-state index in [4.69, 9.17) is 4.74 Å². The van der Waals surface area contributed by atoms with E-state index in [1.165, 1.54) is 16.9 Å². The zero-order valence-corrected chi connectivity index (χ0v) is 12.8. The normalized spacial score (nSPS) is 11.7. The van der Waals surface area contributed by atoms with Gasteiger partial charge in [-0.25, -0.2) is 4.79 Å². The SMILES string of the molecule is Cc1ccc(C(C)NC(=O)COC(=O)c2cccs2)cc1. The number of carbonyl (C=O) groups is 2. The van der Waals surface area contributed by atoms with Gasteiger partial charge < -0.3 is 10.1 Å². The van der Waals surface area contributed by atoms with E-state index in [1.807, 2.05) is 38.1 Å². The highest BCUT2D eigenvalue weighted by Crippen LogP contribution is 2.13. The van der Waals surface area contributed by atoms with Crippen LogP contribution in [0.3, 0.4) is 0 Å². The maximum atomic E-state index is 11.8. The minimum Gasteiger partial charge on any atom is -0.451 e. The highest BCUT2D eigenvalue weighted by Gasteiger charge is 2.13. The van der Waals surface area contributed by atoms with Crippen molar-refractivity contribution in [2.45, 2.75) is 19.9 Å². The molecule has 4 nitrogen and oxygen atoms in total. The third-order valence-corrected chi connectivity index (χ3v) is 3.86. The summed E-state index contributed by atoms with van der Waals surface area (Å²) in [5.41, 5.74) is 2.18. The predicted molar refractivity (Wildman–Crippen MR) is 82.3 cm³/mol. The van der Waals surface area contributed by atoms with Gasteiger partial charge in [0.2, 0.25) is 0 Å². The molecule has 0 saturated carbocycles. The highest BCUT2D eigenvalue weighted by molar-refractivity contribution is 7.11. The summed E-state index contributed by atoms with van der Waals surface area (Å²) in [6, 6.07) is 11.2. The molecule has 110 valence electrons. The third-order valence-electron chi connectivity index (χ3n) is 3.01. The Labute approximate surface area is 127 Å². The van der Waals surface area contributed by atoms with Gasteiger partial charge in [0, 0.05) is 0 Å². The van der Waals surface area contributed by atoms with Crippen molar-refractivity contribution in [3.8, 4) is 0 Å². The molecule has 1 atom stereocenters. The van der Waals surface area contributed by atoms with Gasteiger partial charge in [-0.2, -0.15) is 0 Å². The molecule has 0 spiro atoms. The lowest BCUT2D eigenvalue weighted by atomic mass is 10.1. The molecule has 2 rings (SSSR count). The molecule has 0 aliphatic carbocycles. The van der Waals surface area contributed by atoms with E-state index in [9.17, 15) is 9.59 Å². The molecule has 1 unspecified atom stereocenters. The number of hydrogen-bond donors (Lipinski definition) is 1. The van der Waals surface area contributed by atoms with Crippen LogP contribution in [-0.2, 0) is 9.53 Å². The third kappa shape index (κ3) is 4.43. The minimum absolute atomic E-state index is 0.126. The van der Waals surface area contributed by atoms with Crippen molar-refractivity contribution in [1.29, 1.82) is 0 Å². The number of nitrogens with one attached hydrogen (secondary N) is 1. The van der Waals surface area contributed by atoms with Gasteiger partial charge in [0.05, 0.1) is 6.04 Å². The first-order valence-corrected chi connectivity index (χ1v) is 7.51. The highest BCUT2D eigenvalue weighted by atomic mass is 32.1. The van der Waals surface area contributed by atoms with Crippen LogP contribution in [0.25, 0.3) is 0 Å². The van der Waals surface area contributed by atoms with Crippen LogP contribution < -0.4 is 5.32 Å². The second-order valence-electron chi connectivity index (χ2n) is 4.75. The van der Waals surface area contributed by atoms with Gasteiger partial charge in [0.15, 0.2) is 6.61 Å². The molecule has 0 fully saturated rings. The van der Waals surface area contributed by atoms with Crippen LogP contribution in [0.4, 0.5) is 0 Å². The van der Waals surface area contributed by atoms with Gasteiger partial charge in [-0.1, -0.05) is 35.9 Å². The summed E-state index contributed by atoms with van der Waals surface area (Å²) in [5.74, 6) is -0.781. The Balaban J connectivity index is 1.81. The average molecular weight is 303 g/mol. The van der Waals surface area contributed by atoms with E-state index in [0.717, 1.165) is 5.56 Å². The Bertz CT molecular complexity index is 605. The summed E-state index contributed by atoms with van der Waals surface area (Å²) in [6.45, 7) is 3.63. The number of esters is 1. The molecule has 21 heavy (non-hydrogen) atoms. The number of carbonyl (C=O) groups excluding carboxylic acids is 2. The maximum Gasteiger partial charge on any atom is 0.348 e. The molecule has 0 aliphatic rings. The average Bonchev–Trinajstić information content (AvgIpc) is 2.99. The summed E-state index contributed by atoms with van der Waals surface area (Å²) < 4.78 is 4.96. The molecule has 1 aromatic carbocycles. The number of ether oxygens (including phenoxy) is 1. The maximum absolute atomic E-state index is 11.8. The summed E-state index contributed by atoms with van der Waals surface area (Å²) in [7, 11) is 0. The number of benzene rings is 1. The van der Waals surface area contributed by atoms with Crippen molar-refractivity contribution in [2.24, 2.45) is 0 Å². The largest absolute Gasteiger partial charge is 0.451 e. The second kappa shape index (κ2) is 7.04. The quantitative estimate of drug-likeness (QED) is 0.864. The summed E-state index contributed by atoms with van der Waals surface area (Å²) in [5, 5.41) is 4.59. The first kappa shape index (κ1) is 15.3. The van der Waals surface area contributed by atoms with E-state index in [1.54, 1.807) is 17.5 Å². The fourth-order valence-electron chi connectivity index (χ4n) is 1.82. The van der Waals surface area contributed by atoms with Gasteiger partial charge >= 0.3 is 5.97 Å². The summed E-state index contributed by atoms with van der Waals surface area (Å²) in [6.07, 6.45) is 0. The van der Waals surface area contributed by atoms with Crippen molar-refractivity contribution < 1.29 is 14.3 Å². The Kier molecular flexibility index (Phi) is 5.11. The molecule has 0 aliphatic heterocycles. The van der Waals surface area contributed by atoms with Crippen LogP contribution in [0.2, 0.25) is 0 Å². The van der Waals surface area contributed by atoms with Crippen LogP contribution in [-0.4, -0.2) is 18.5 Å². The summed E-state index contributed by atoms with van der Waals surface area (Å²) in [4.78, 5) is 23.9. The smallest absolute Gasteiger partial charge is 0.348 e. The van der Waals surface area contributed by atoms with E-state index in [2.05, 4.69) is 5.32 Å². The minimum atomic E-state index is -0.469. The van der Waals surface area contributed by atoms with Gasteiger partial charge in [-0.05, 0) is 30.9 Å². The molecule has 1 N–H and O–H groups in total. The fraction of sp³-hybridized carbons (Fsp3) is 0.250.